The number of nitrogens with one attached hydrogen (secondary N) is 1. The first-order valence-electron chi connectivity index (χ1n) is 4.29. The Labute approximate surface area is 87.4 Å². The van der Waals surface area contributed by atoms with Crippen LogP contribution in [0.15, 0.2) is 0 Å². The van der Waals surface area contributed by atoms with Crippen molar-refractivity contribution in [3.63, 3.8) is 0 Å². The molecule has 0 aromatic carbocycles. The number of thioether (sulfide) groups is 1. The monoisotopic (exact) mass is 212 g/mol. The Hall–Kier alpha value is -1.15. The van der Waals surface area contributed by atoms with E-state index in [1.807, 2.05) is 0 Å². The molecule has 1 rings (SSSR count). The van der Waals surface area contributed by atoms with Crippen molar-refractivity contribution >= 4 is 23.6 Å². The number of piperazine rings is 1. The van der Waals surface area contributed by atoms with Crippen molar-refractivity contribution in [3.8, 4) is 12.3 Å². The second kappa shape index (κ2) is 5.55. The predicted octanol–water partition coefficient (Wildman–Crippen LogP) is -0.689. The maximum Gasteiger partial charge on any atom is 0.242 e. The van der Waals surface area contributed by atoms with Crippen molar-refractivity contribution in [2.24, 2.45) is 0 Å². The summed E-state index contributed by atoms with van der Waals surface area (Å²) in [6.45, 7) is 0.896. The lowest BCUT2D eigenvalue weighted by atomic mass is 10.3. The molecule has 0 bridgehead atoms. The smallest absolute Gasteiger partial charge is 0.242 e. The molecule has 5 heteroatoms. The lowest BCUT2D eigenvalue weighted by Gasteiger charge is -2.26. The molecule has 1 fully saturated rings. The van der Waals surface area contributed by atoms with E-state index in [0.717, 1.165) is 5.75 Å². The molecule has 4 nitrogen and oxygen atoms in total. The van der Waals surface area contributed by atoms with E-state index in [0.29, 0.717) is 12.3 Å². The zero-order chi connectivity index (χ0) is 10.4. The molecule has 0 aromatic rings. The second-order valence-corrected chi connectivity index (χ2v) is 3.95. The average molecular weight is 212 g/mol. The molecule has 1 saturated heterocycles. The summed E-state index contributed by atoms with van der Waals surface area (Å²) in [7, 11) is 0. The van der Waals surface area contributed by atoms with Crippen LogP contribution in [0.3, 0.4) is 0 Å². The Morgan fingerprint density at radius 3 is 3.07 bits per heavy atom. The quantitative estimate of drug-likeness (QED) is 0.496. The molecule has 1 aliphatic heterocycles. The molecule has 0 radical (unpaired) electrons. The standard InChI is InChI=1S/C9H12N2O2S/c1-2-4-14-5-3-11-7-8(12)10-6-9(11)13/h1H,3-7H2,(H,10,12). The first-order chi connectivity index (χ1) is 6.74. The van der Waals surface area contributed by atoms with Gasteiger partial charge in [0.05, 0.1) is 18.8 Å². The van der Waals surface area contributed by atoms with Crippen molar-refractivity contribution in [3.05, 3.63) is 0 Å². The van der Waals surface area contributed by atoms with Gasteiger partial charge < -0.3 is 10.2 Å². The third-order valence-corrected chi connectivity index (χ3v) is 2.66. The summed E-state index contributed by atoms with van der Waals surface area (Å²) in [4.78, 5) is 23.8. The first kappa shape index (κ1) is 10.9. The summed E-state index contributed by atoms with van der Waals surface area (Å²) in [6.07, 6.45) is 5.08. The van der Waals surface area contributed by atoms with Crippen LogP contribution in [0, 0.1) is 12.3 Å². The summed E-state index contributed by atoms with van der Waals surface area (Å²) < 4.78 is 0. The zero-order valence-electron chi connectivity index (χ0n) is 7.78. The minimum Gasteiger partial charge on any atom is -0.345 e. The van der Waals surface area contributed by atoms with Crippen LogP contribution < -0.4 is 5.32 Å². The van der Waals surface area contributed by atoms with Gasteiger partial charge in [-0.2, -0.15) is 0 Å². The van der Waals surface area contributed by atoms with Crippen molar-refractivity contribution in [2.45, 2.75) is 0 Å². The molecule has 0 unspecified atom stereocenters. The van der Waals surface area contributed by atoms with Crippen LogP contribution in [-0.2, 0) is 9.59 Å². The number of carbonyl (C=O) groups excluding carboxylic acids is 2. The van der Waals surface area contributed by atoms with Crippen molar-refractivity contribution in [1.82, 2.24) is 10.2 Å². The summed E-state index contributed by atoms with van der Waals surface area (Å²) >= 11 is 1.59. The summed E-state index contributed by atoms with van der Waals surface area (Å²) in [6, 6.07) is 0. The van der Waals surface area contributed by atoms with Gasteiger partial charge in [0.1, 0.15) is 0 Å². The first-order valence-corrected chi connectivity index (χ1v) is 5.45. The van der Waals surface area contributed by atoms with E-state index < -0.39 is 0 Å². The van der Waals surface area contributed by atoms with Crippen molar-refractivity contribution < 1.29 is 9.59 Å². The minimum absolute atomic E-state index is 0.0223. The van der Waals surface area contributed by atoms with E-state index >= 15 is 0 Å². The van der Waals surface area contributed by atoms with Gasteiger partial charge in [0.15, 0.2) is 0 Å². The van der Waals surface area contributed by atoms with Gasteiger partial charge in [0, 0.05) is 12.3 Å². The van der Waals surface area contributed by atoms with Crippen molar-refractivity contribution in [2.75, 3.05) is 31.1 Å². The SMILES string of the molecule is C#CCSCCN1CC(=O)NCC1=O. The maximum absolute atomic E-state index is 11.3. The highest BCUT2D eigenvalue weighted by atomic mass is 32.2. The van der Waals surface area contributed by atoms with Crippen LogP contribution in [0.5, 0.6) is 0 Å². The molecule has 1 heterocycles. The molecule has 0 atom stereocenters. The van der Waals surface area contributed by atoms with Gasteiger partial charge in [-0.15, -0.1) is 18.2 Å². The third kappa shape index (κ3) is 3.30. The molecule has 0 aromatic heterocycles. The highest BCUT2D eigenvalue weighted by molar-refractivity contribution is 7.99. The molecular formula is C9H12N2O2S. The molecule has 1 aliphatic rings. The second-order valence-electron chi connectivity index (χ2n) is 2.85. The van der Waals surface area contributed by atoms with Gasteiger partial charge in [-0.05, 0) is 0 Å². The number of terminal acetylenes is 1. The van der Waals surface area contributed by atoms with E-state index in [2.05, 4.69) is 11.2 Å². The van der Waals surface area contributed by atoms with E-state index in [9.17, 15) is 9.59 Å². The Bertz CT molecular complexity index is 272. The third-order valence-electron chi connectivity index (χ3n) is 1.81. The summed E-state index contributed by atoms with van der Waals surface area (Å²) in [5, 5.41) is 2.49. The molecule has 2 amide bonds. The minimum atomic E-state index is -0.0912. The summed E-state index contributed by atoms with van der Waals surface area (Å²) in [5.41, 5.74) is 0. The van der Waals surface area contributed by atoms with Gasteiger partial charge in [-0.1, -0.05) is 5.92 Å². The Kier molecular flexibility index (Phi) is 4.33. The molecule has 76 valence electrons. The highest BCUT2D eigenvalue weighted by Crippen LogP contribution is 2.02. The lowest BCUT2D eigenvalue weighted by Crippen LogP contribution is -2.52. The Balaban J connectivity index is 2.25. The molecule has 0 spiro atoms. The van der Waals surface area contributed by atoms with E-state index in [-0.39, 0.29) is 24.9 Å². The van der Waals surface area contributed by atoms with Crippen LogP contribution in [0.4, 0.5) is 0 Å². The van der Waals surface area contributed by atoms with Crippen LogP contribution in [-0.4, -0.2) is 47.9 Å². The number of rotatable bonds is 4. The van der Waals surface area contributed by atoms with Gasteiger partial charge in [-0.25, -0.2) is 0 Å². The fourth-order valence-corrected chi connectivity index (χ4v) is 1.72. The number of carbonyl (C=O) groups is 2. The normalized spacial score (nSPS) is 16.4. The molecule has 14 heavy (non-hydrogen) atoms. The van der Waals surface area contributed by atoms with Gasteiger partial charge in [0.2, 0.25) is 11.8 Å². The molecular weight excluding hydrogens is 200 g/mol. The van der Waals surface area contributed by atoms with Crippen LogP contribution >= 0.6 is 11.8 Å². The average Bonchev–Trinajstić information content (AvgIpc) is 2.18. The maximum atomic E-state index is 11.3. The van der Waals surface area contributed by atoms with E-state index in [1.54, 1.807) is 16.7 Å². The largest absolute Gasteiger partial charge is 0.345 e. The fraction of sp³-hybridized carbons (Fsp3) is 0.556. The van der Waals surface area contributed by atoms with E-state index in [1.165, 1.54) is 0 Å². The van der Waals surface area contributed by atoms with E-state index in [4.69, 9.17) is 6.42 Å². The van der Waals surface area contributed by atoms with Crippen molar-refractivity contribution in [1.29, 1.82) is 0 Å². The lowest BCUT2D eigenvalue weighted by molar-refractivity contribution is -0.140. The molecule has 0 aliphatic carbocycles. The fourth-order valence-electron chi connectivity index (χ4n) is 1.11. The number of hydrogen-bond acceptors (Lipinski definition) is 3. The number of nitrogens with zero attached hydrogens (tertiary/aromatic N) is 1. The zero-order valence-corrected chi connectivity index (χ0v) is 8.60. The van der Waals surface area contributed by atoms with Crippen LogP contribution in [0.1, 0.15) is 0 Å². The Morgan fingerprint density at radius 1 is 1.57 bits per heavy atom. The molecule has 0 saturated carbocycles. The molecule has 1 N–H and O–H groups in total. The van der Waals surface area contributed by atoms with Gasteiger partial charge in [0.25, 0.3) is 0 Å². The number of amides is 2. The summed E-state index contributed by atoms with van der Waals surface area (Å²) in [5.74, 6) is 3.82. The number of hydrogen-bond donors (Lipinski definition) is 1. The highest BCUT2D eigenvalue weighted by Gasteiger charge is 2.21. The van der Waals surface area contributed by atoms with Gasteiger partial charge in [-0.3, -0.25) is 9.59 Å². The van der Waals surface area contributed by atoms with Gasteiger partial charge >= 0.3 is 0 Å². The predicted molar refractivity (Wildman–Crippen MR) is 55.7 cm³/mol. The van der Waals surface area contributed by atoms with Crippen LogP contribution in [0.25, 0.3) is 0 Å². The Morgan fingerprint density at radius 2 is 2.36 bits per heavy atom. The topological polar surface area (TPSA) is 49.4 Å². The van der Waals surface area contributed by atoms with Crippen LogP contribution in [0.2, 0.25) is 0 Å².